The van der Waals surface area contributed by atoms with Crippen LogP contribution < -0.4 is 5.32 Å². The van der Waals surface area contributed by atoms with E-state index in [1.165, 1.54) is 0 Å². The van der Waals surface area contributed by atoms with Crippen LogP contribution in [0.3, 0.4) is 0 Å². The van der Waals surface area contributed by atoms with Crippen molar-refractivity contribution in [1.82, 2.24) is 24.9 Å². The van der Waals surface area contributed by atoms with Crippen LogP contribution in [0.5, 0.6) is 0 Å². The summed E-state index contributed by atoms with van der Waals surface area (Å²) in [5.41, 5.74) is 4.49. The monoisotopic (exact) mass is 467 g/mol. The van der Waals surface area contributed by atoms with Gasteiger partial charge >= 0.3 is 0 Å². The van der Waals surface area contributed by atoms with E-state index >= 15 is 0 Å². The third kappa shape index (κ3) is 4.61. The Morgan fingerprint density at radius 1 is 1.09 bits per heavy atom. The number of halogens is 2. The number of rotatable bonds is 6. The molecule has 0 radical (unpaired) electrons. The van der Waals surface area contributed by atoms with Gasteiger partial charge in [0.15, 0.2) is 5.82 Å². The number of carbonyl (C=O) groups is 1. The van der Waals surface area contributed by atoms with Gasteiger partial charge in [-0.2, -0.15) is 4.98 Å². The Morgan fingerprint density at radius 2 is 1.84 bits per heavy atom. The lowest BCUT2D eigenvalue weighted by Crippen LogP contribution is -2.27. The molecule has 1 amide bonds. The van der Waals surface area contributed by atoms with Gasteiger partial charge in [0.1, 0.15) is 0 Å². The summed E-state index contributed by atoms with van der Waals surface area (Å²) >= 11 is 12.3. The summed E-state index contributed by atoms with van der Waals surface area (Å²) in [7, 11) is 0. The molecule has 2 aromatic carbocycles. The molecule has 32 heavy (non-hydrogen) atoms. The van der Waals surface area contributed by atoms with Crippen molar-refractivity contribution in [2.24, 2.45) is 0 Å². The number of hydrogen-bond acceptors (Lipinski definition) is 4. The fourth-order valence-electron chi connectivity index (χ4n) is 3.73. The number of nitrogens with one attached hydrogen (secondary N) is 1. The van der Waals surface area contributed by atoms with E-state index in [1.54, 1.807) is 22.7 Å². The molecule has 4 rings (SSSR count). The Hall–Kier alpha value is -2.96. The lowest BCUT2D eigenvalue weighted by molar-refractivity contribution is -0.121. The standard InChI is InChI=1S/C24H23Cl2N5O/c1-14(17-7-5-4-6-8-17)27-22(32)12-11-19-15(2)28-24-29-23(30-31(24)16(19)3)20-10-9-18(25)13-21(20)26/h4-10,13-14H,11-12H2,1-3H3,(H,27,32). The molecule has 2 heterocycles. The van der Waals surface area contributed by atoms with Crippen molar-refractivity contribution in [2.45, 2.75) is 39.7 Å². The Morgan fingerprint density at radius 3 is 2.56 bits per heavy atom. The van der Waals surface area contributed by atoms with Gasteiger partial charge in [-0.25, -0.2) is 9.50 Å². The van der Waals surface area contributed by atoms with Gasteiger partial charge in [0.05, 0.1) is 11.1 Å². The predicted octanol–water partition coefficient (Wildman–Crippen LogP) is 5.52. The molecule has 0 spiro atoms. The van der Waals surface area contributed by atoms with Gasteiger partial charge < -0.3 is 5.32 Å². The molecule has 1 N–H and O–H groups in total. The highest BCUT2D eigenvalue weighted by atomic mass is 35.5. The lowest BCUT2D eigenvalue weighted by atomic mass is 10.1. The van der Waals surface area contributed by atoms with E-state index < -0.39 is 0 Å². The van der Waals surface area contributed by atoms with Crippen molar-refractivity contribution in [2.75, 3.05) is 0 Å². The van der Waals surface area contributed by atoms with Crippen LogP contribution in [-0.4, -0.2) is 25.5 Å². The summed E-state index contributed by atoms with van der Waals surface area (Å²) in [5.74, 6) is 0.965. The highest BCUT2D eigenvalue weighted by Crippen LogP contribution is 2.29. The molecule has 0 aliphatic heterocycles. The van der Waals surface area contributed by atoms with Gasteiger partial charge in [-0.3, -0.25) is 4.79 Å². The number of aromatic nitrogens is 4. The van der Waals surface area contributed by atoms with E-state index in [0.717, 1.165) is 22.5 Å². The molecule has 8 heteroatoms. The maximum absolute atomic E-state index is 12.5. The molecule has 6 nitrogen and oxygen atoms in total. The smallest absolute Gasteiger partial charge is 0.253 e. The second kappa shape index (κ2) is 9.27. The van der Waals surface area contributed by atoms with Crippen LogP contribution in [0, 0.1) is 13.8 Å². The van der Waals surface area contributed by atoms with E-state index in [4.69, 9.17) is 23.2 Å². The van der Waals surface area contributed by atoms with Gasteiger partial charge in [0.25, 0.3) is 5.78 Å². The summed E-state index contributed by atoms with van der Waals surface area (Å²) < 4.78 is 1.70. The highest BCUT2D eigenvalue weighted by Gasteiger charge is 2.17. The highest BCUT2D eigenvalue weighted by molar-refractivity contribution is 6.36. The molecule has 1 unspecified atom stereocenters. The minimum Gasteiger partial charge on any atom is -0.350 e. The minimum absolute atomic E-state index is 0.00697. The number of carbonyl (C=O) groups excluding carboxylic acids is 1. The molecule has 0 saturated carbocycles. The molecular formula is C24H23Cl2N5O. The number of amides is 1. The second-order valence-corrected chi connectivity index (χ2v) is 8.58. The van der Waals surface area contributed by atoms with Crippen LogP contribution in [-0.2, 0) is 11.2 Å². The zero-order valence-corrected chi connectivity index (χ0v) is 19.6. The SMILES string of the molecule is Cc1nc2nc(-c3ccc(Cl)cc3Cl)nn2c(C)c1CCC(=O)NC(C)c1ccccc1. The number of fused-ring (bicyclic) bond motifs is 1. The number of nitrogens with zero attached hydrogens (tertiary/aromatic N) is 4. The van der Waals surface area contributed by atoms with Crippen LogP contribution in [0.15, 0.2) is 48.5 Å². The van der Waals surface area contributed by atoms with Gasteiger partial charge in [0.2, 0.25) is 5.91 Å². The quantitative estimate of drug-likeness (QED) is 0.404. The van der Waals surface area contributed by atoms with Crippen molar-refractivity contribution in [3.05, 3.63) is 81.1 Å². The van der Waals surface area contributed by atoms with Gasteiger partial charge in [0, 0.05) is 28.4 Å². The van der Waals surface area contributed by atoms with E-state index in [1.807, 2.05) is 51.1 Å². The van der Waals surface area contributed by atoms with E-state index in [0.29, 0.717) is 40.1 Å². The molecule has 0 saturated heterocycles. The number of benzene rings is 2. The molecule has 164 valence electrons. The van der Waals surface area contributed by atoms with Crippen molar-refractivity contribution in [3.63, 3.8) is 0 Å². The average molecular weight is 468 g/mol. The van der Waals surface area contributed by atoms with Gasteiger partial charge in [-0.15, -0.1) is 5.10 Å². The predicted molar refractivity (Wildman–Crippen MR) is 127 cm³/mol. The van der Waals surface area contributed by atoms with Crippen LogP contribution in [0.25, 0.3) is 17.2 Å². The first kappa shape index (κ1) is 22.2. The van der Waals surface area contributed by atoms with Gasteiger partial charge in [-0.1, -0.05) is 53.5 Å². The van der Waals surface area contributed by atoms with Crippen LogP contribution in [0.2, 0.25) is 10.0 Å². The molecular weight excluding hydrogens is 445 g/mol. The average Bonchev–Trinajstić information content (AvgIpc) is 3.18. The summed E-state index contributed by atoms with van der Waals surface area (Å²) in [6.45, 7) is 5.87. The van der Waals surface area contributed by atoms with E-state index in [9.17, 15) is 4.79 Å². The first-order chi connectivity index (χ1) is 15.3. The minimum atomic E-state index is -0.0477. The zero-order chi connectivity index (χ0) is 22.8. The van der Waals surface area contributed by atoms with Crippen LogP contribution in [0.1, 0.15) is 41.9 Å². The van der Waals surface area contributed by atoms with E-state index in [-0.39, 0.29) is 11.9 Å². The Labute approximate surface area is 196 Å². The number of aryl methyl sites for hydroxylation is 2. The summed E-state index contributed by atoms with van der Waals surface area (Å²) in [6, 6.07) is 15.1. The zero-order valence-electron chi connectivity index (χ0n) is 18.1. The number of hydrogen-bond donors (Lipinski definition) is 1. The molecule has 0 aliphatic carbocycles. The van der Waals surface area contributed by atoms with Crippen molar-refractivity contribution < 1.29 is 4.79 Å². The van der Waals surface area contributed by atoms with Crippen LogP contribution >= 0.6 is 23.2 Å². The fourth-order valence-corrected chi connectivity index (χ4v) is 4.23. The molecule has 2 aromatic heterocycles. The van der Waals surface area contributed by atoms with Gasteiger partial charge in [-0.05, 0) is 56.5 Å². The van der Waals surface area contributed by atoms with Crippen LogP contribution in [0.4, 0.5) is 0 Å². The molecule has 0 aliphatic rings. The Balaban J connectivity index is 1.53. The largest absolute Gasteiger partial charge is 0.350 e. The Bertz CT molecular complexity index is 1290. The van der Waals surface area contributed by atoms with E-state index in [2.05, 4.69) is 20.4 Å². The summed E-state index contributed by atoms with van der Waals surface area (Å²) in [5, 5.41) is 8.69. The Kier molecular flexibility index (Phi) is 6.44. The second-order valence-electron chi connectivity index (χ2n) is 7.73. The summed E-state index contributed by atoms with van der Waals surface area (Å²) in [4.78, 5) is 21.7. The normalized spacial score (nSPS) is 12.2. The van der Waals surface area contributed by atoms with Crippen molar-refractivity contribution in [3.8, 4) is 11.4 Å². The first-order valence-electron chi connectivity index (χ1n) is 10.4. The molecule has 0 bridgehead atoms. The van der Waals surface area contributed by atoms with Crippen molar-refractivity contribution >= 4 is 34.9 Å². The molecule has 0 fully saturated rings. The maximum Gasteiger partial charge on any atom is 0.253 e. The maximum atomic E-state index is 12.5. The van der Waals surface area contributed by atoms with Crippen molar-refractivity contribution in [1.29, 1.82) is 0 Å². The summed E-state index contributed by atoms with van der Waals surface area (Å²) in [6.07, 6.45) is 0.918. The molecule has 1 atom stereocenters. The third-order valence-electron chi connectivity index (χ3n) is 5.50. The first-order valence-corrected chi connectivity index (χ1v) is 11.1. The fraction of sp³-hybridized carbons (Fsp3) is 0.250. The topological polar surface area (TPSA) is 72.2 Å². The lowest BCUT2D eigenvalue weighted by Gasteiger charge is -2.15. The third-order valence-corrected chi connectivity index (χ3v) is 6.05. The molecule has 4 aromatic rings.